The summed E-state index contributed by atoms with van der Waals surface area (Å²) in [4.78, 5) is 22.2. The zero-order valence-electron chi connectivity index (χ0n) is 14.4. The molecule has 0 saturated carbocycles. The fraction of sp³-hybridized carbons (Fsp3) is 0.350. The van der Waals surface area contributed by atoms with Crippen molar-refractivity contribution in [1.82, 2.24) is 0 Å². The Bertz CT molecular complexity index is 693. The third-order valence-electron chi connectivity index (χ3n) is 4.02. The highest BCUT2D eigenvalue weighted by Crippen LogP contribution is 2.19. The van der Waals surface area contributed by atoms with Gasteiger partial charge in [-0.3, -0.25) is 10.1 Å². The molecule has 132 valence electrons. The van der Waals surface area contributed by atoms with Crippen LogP contribution >= 0.6 is 0 Å². The van der Waals surface area contributed by atoms with Gasteiger partial charge in [0.1, 0.15) is 5.75 Å². The van der Waals surface area contributed by atoms with Crippen molar-refractivity contribution in [3.8, 4) is 5.75 Å². The van der Waals surface area contributed by atoms with Crippen molar-refractivity contribution in [3.63, 3.8) is 0 Å². The van der Waals surface area contributed by atoms with Gasteiger partial charge in [-0.25, -0.2) is 4.79 Å². The number of non-ortho nitro benzene ring substituents is 1. The Morgan fingerprint density at radius 3 is 2.20 bits per heavy atom. The van der Waals surface area contributed by atoms with E-state index < -0.39 is 10.9 Å². The van der Waals surface area contributed by atoms with Crippen molar-refractivity contribution in [1.29, 1.82) is 0 Å². The highest BCUT2D eigenvalue weighted by molar-refractivity contribution is 5.91. The van der Waals surface area contributed by atoms with E-state index in [1.807, 2.05) is 12.1 Å². The van der Waals surface area contributed by atoms with Crippen molar-refractivity contribution in [3.05, 3.63) is 69.8 Å². The third kappa shape index (κ3) is 6.03. The zero-order valence-corrected chi connectivity index (χ0v) is 14.4. The highest BCUT2D eigenvalue weighted by Gasteiger charge is 2.10. The highest BCUT2D eigenvalue weighted by atomic mass is 16.6. The summed E-state index contributed by atoms with van der Waals surface area (Å²) in [5.41, 5.74) is 1.64. The zero-order chi connectivity index (χ0) is 18.1. The predicted octanol–water partition coefficient (Wildman–Crippen LogP) is 5.33. The van der Waals surface area contributed by atoms with Gasteiger partial charge in [-0.1, -0.05) is 44.7 Å². The van der Waals surface area contributed by atoms with Gasteiger partial charge in [0.15, 0.2) is 0 Å². The third-order valence-corrected chi connectivity index (χ3v) is 4.02. The number of hydrogen-bond acceptors (Lipinski definition) is 4. The summed E-state index contributed by atoms with van der Waals surface area (Å²) in [5.74, 6) is -0.182. The maximum absolute atomic E-state index is 12.1. The molecule has 0 spiro atoms. The summed E-state index contributed by atoms with van der Waals surface area (Å²) in [6.07, 6.45) is 7.21. The van der Waals surface area contributed by atoms with Crippen LogP contribution in [0.4, 0.5) is 5.69 Å². The summed E-state index contributed by atoms with van der Waals surface area (Å²) < 4.78 is 5.24. The van der Waals surface area contributed by atoms with Crippen molar-refractivity contribution in [2.45, 2.75) is 45.4 Å². The molecule has 5 nitrogen and oxygen atoms in total. The van der Waals surface area contributed by atoms with Gasteiger partial charge >= 0.3 is 5.97 Å². The van der Waals surface area contributed by atoms with Crippen LogP contribution in [0, 0.1) is 10.1 Å². The quantitative estimate of drug-likeness (QED) is 0.203. The van der Waals surface area contributed by atoms with E-state index in [1.165, 1.54) is 55.5 Å². The molecule has 0 fully saturated rings. The van der Waals surface area contributed by atoms with Crippen molar-refractivity contribution < 1.29 is 14.5 Å². The van der Waals surface area contributed by atoms with E-state index in [-0.39, 0.29) is 11.4 Å². The Morgan fingerprint density at radius 1 is 0.960 bits per heavy atom. The molecule has 2 aromatic carbocycles. The molecule has 0 heterocycles. The van der Waals surface area contributed by atoms with Crippen molar-refractivity contribution >= 4 is 11.7 Å². The Kier molecular flexibility index (Phi) is 7.14. The maximum Gasteiger partial charge on any atom is 0.343 e. The molecule has 0 bridgehead atoms. The molecule has 2 rings (SSSR count). The van der Waals surface area contributed by atoms with Crippen LogP contribution < -0.4 is 4.74 Å². The SMILES string of the molecule is CCCCCCCc1ccc(C(=O)Oc2ccc([N+](=O)[O-])cc2)cc1. The van der Waals surface area contributed by atoms with Gasteiger partial charge in [0.25, 0.3) is 5.69 Å². The molecular formula is C20H23NO4. The topological polar surface area (TPSA) is 69.4 Å². The fourth-order valence-corrected chi connectivity index (χ4v) is 2.54. The number of nitro groups is 1. The molecule has 25 heavy (non-hydrogen) atoms. The lowest BCUT2D eigenvalue weighted by Crippen LogP contribution is -2.08. The number of aryl methyl sites for hydroxylation is 1. The second kappa shape index (κ2) is 9.57. The van der Waals surface area contributed by atoms with Crippen LogP contribution in [0.1, 0.15) is 54.9 Å². The number of nitrogens with zero attached hydrogens (tertiary/aromatic N) is 1. The summed E-state index contributed by atoms with van der Waals surface area (Å²) >= 11 is 0. The first-order valence-corrected chi connectivity index (χ1v) is 8.65. The summed E-state index contributed by atoms with van der Waals surface area (Å²) in [6.45, 7) is 2.20. The van der Waals surface area contributed by atoms with Crippen LogP contribution in [0.3, 0.4) is 0 Å². The molecule has 0 aromatic heterocycles. The van der Waals surface area contributed by atoms with E-state index in [0.717, 1.165) is 12.8 Å². The van der Waals surface area contributed by atoms with Crippen molar-refractivity contribution in [2.75, 3.05) is 0 Å². The second-order valence-electron chi connectivity index (χ2n) is 6.00. The van der Waals surface area contributed by atoms with Gasteiger partial charge in [0.05, 0.1) is 10.5 Å². The number of hydrogen-bond donors (Lipinski definition) is 0. The minimum absolute atomic E-state index is 0.0388. The van der Waals surface area contributed by atoms with Gasteiger partial charge in [0, 0.05) is 12.1 Å². The lowest BCUT2D eigenvalue weighted by molar-refractivity contribution is -0.384. The van der Waals surface area contributed by atoms with E-state index in [2.05, 4.69) is 6.92 Å². The molecule has 0 N–H and O–H groups in total. The Hall–Kier alpha value is -2.69. The number of carbonyl (C=O) groups excluding carboxylic acids is 1. The van der Waals surface area contributed by atoms with E-state index in [0.29, 0.717) is 5.56 Å². The molecular weight excluding hydrogens is 318 g/mol. The molecule has 0 aliphatic rings. The van der Waals surface area contributed by atoms with Crippen LogP contribution in [-0.4, -0.2) is 10.9 Å². The summed E-state index contributed by atoms with van der Waals surface area (Å²) in [5, 5.41) is 10.6. The lowest BCUT2D eigenvalue weighted by Gasteiger charge is -2.06. The lowest BCUT2D eigenvalue weighted by atomic mass is 10.0. The number of unbranched alkanes of at least 4 members (excludes halogenated alkanes) is 4. The number of ether oxygens (including phenoxy) is 1. The Labute approximate surface area is 147 Å². The molecule has 0 aliphatic carbocycles. The molecule has 0 atom stereocenters. The van der Waals surface area contributed by atoms with Gasteiger partial charge in [0.2, 0.25) is 0 Å². The number of carbonyl (C=O) groups is 1. The van der Waals surface area contributed by atoms with Crippen LogP contribution in [0.25, 0.3) is 0 Å². The first-order valence-electron chi connectivity index (χ1n) is 8.65. The molecule has 2 aromatic rings. The molecule has 0 amide bonds. The molecule has 0 saturated heterocycles. The average molecular weight is 341 g/mol. The first kappa shape index (κ1) is 18.6. The van der Waals surface area contributed by atoms with Gasteiger partial charge in [-0.2, -0.15) is 0 Å². The maximum atomic E-state index is 12.1. The first-order chi connectivity index (χ1) is 12.1. The fourth-order valence-electron chi connectivity index (χ4n) is 2.54. The molecule has 0 aliphatic heterocycles. The van der Waals surface area contributed by atoms with Crippen molar-refractivity contribution in [2.24, 2.45) is 0 Å². The monoisotopic (exact) mass is 341 g/mol. The number of nitro benzene ring substituents is 1. The molecule has 0 unspecified atom stereocenters. The normalized spacial score (nSPS) is 10.4. The van der Waals surface area contributed by atoms with Crippen LogP contribution in [0.15, 0.2) is 48.5 Å². The predicted molar refractivity (Wildman–Crippen MR) is 97.0 cm³/mol. The average Bonchev–Trinajstić information content (AvgIpc) is 2.62. The number of rotatable bonds is 9. The van der Waals surface area contributed by atoms with Gasteiger partial charge < -0.3 is 4.74 Å². The van der Waals surface area contributed by atoms with E-state index in [9.17, 15) is 14.9 Å². The smallest absolute Gasteiger partial charge is 0.343 e. The second-order valence-corrected chi connectivity index (χ2v) is 6.00. The molecule has 5 heteroatoms. The van der Waals surface area contributed by atoms with E-state index in [4.69, 9.17) is 4.74 Å². The minimum Gasteiger partial charge on any atom is -0.423 e. The Balaban J connectivity index is 1.86. The van der Waals surface area contributed by atoms with E-state index >= 15 is 0 Å². The van der Waals surface area contributed by atoms with Gasteiger partial charge in [-0.05, 0) is 42.7 Å². The van der Waals surface area contributed by atoms with Gasteiger partial charge in [-0.15, -0.1) is 0 Å². The summed E-state index contributed by atoms with van der Waals surface area (Å²) in [7, 11) is 0. The van der Waals surface area contributed by atoms with Crippen LogP contribution in [0.5, 0.6) is 5.75 Å². The Morgan fingerprint density at radius 2 is 1.60 bits per heavy atom. The largest absolute Gasteiger partial charge is 0.423 e. The van der Waals surface area contributed by atoms with Crippen LogP contribution in [0.2, 0.25) is 0 Å². The summed E-state index contributed by atoms with van der Waals surface area (Å²) in [6, 6.07) is 12.9. The van der Waals surface area contributed by atoms with E-state index in [1.54, 1.807) is 12.1 Å². The number of benzene rings is 2. The minimum atomic E-state index is -0.493. The van der Waals surface area contributed by atoms with Crippen LogP contribution in [-0.2, 0) is 6.42 Å². The molecule has 0 radical (unpaired) electrons. The number of esters is 1. The standard InChI is InChI=1S/C20H23NO4/c1-2-3-4-5-6-7-16-8-10-17(11-9-16)20(22)25-19-14-12-18(13-15-19)21(23)24/h8-15H,2-7H2,1H3.